The Morgan fingerprint density at radius 1 is 0.952 bits per heavy atom. The van der Waals surface area contributed by atoms with E-state index in [1.165, 1.54) is 27.8 Å². The van der Waals surface area contributed by atoms with Crippen LogP contribution in [-0.2, 0) is 0 Å². The van der Waals surface area contributed by atoms with E-state index in [2.05, 4.69) is 62.5 Å². The summed E-state index contributed by atoms with van der Waals surface area (Å²) in [4.78, 5) is 0. The number of rotatable bonds is 5. The van der Waals surface area contributed by atoms with E-state index in [4.69, 9.17) is 4.74 Å². The van der Waals surface area contributed by atoms with Crippen LogP contribution in [-0.4, -0.2) is 13.7 Å². The third-order valence-electron chi connectivity index (χ3n) is 3.64. The fourth-order valence-corrected chi connectivity index (χ4v) is 2.86. The van der Waals surface area contributed by atoms with Crippen LogP contribution in [0.3, 0.4) is 0 Å². The minimum absolute atomic E-state index is 0.144. The summed E-state index contributed by atoms with van der Waals surface area (Å²) in [5.74, 6) is 0.960. The Morgan fingerprint density at radius 3 is 2.19 bits per heavy atom. The van der Waals surface area contributed by atoms with Crippen LogP contribution in [0.5, 0.6) is 5.75 Å². The first-order valence-corrected chi connectivity index (χ1v) is 7.54. The molecule has 1 N–H and O–H groups in total. The molecule has 0 aliphatic rings. The molecular formula is C19H25NO. The van der Waals surface area contributed by atoms with Crippen LogP contribution in [0.2, 0.25) is 0 Å². The summed E-state index contributed by atoms with van der Waals surface area (Å²) in [5, 5.41) is 3.44. The minimum Gasteiger partial charge on any atom is -0.494 e. The topological polar surface area (TPSA) is 21.3 Å². The van der Waals surface area contributed by atoms with Gasteiger partial charge in [0.05, 0.1) is 12.6 Å². The maximum absolute atomic E-state index is 5.82. The lowest BCUT2D eigenvalue weighted by molar-refractivity contribution is 0.334. The number of nitrogens with one attached hydrogen (secondary N) is 1. The molecule has 0 bridgehead atoms. The summed E-state index contributed by atoms with van der Waals surface area (Å²) in [6.45, 7) is 9.10. The van der Waals surface area contributed by atoms with Gasteiger partial charge in [0.15, 0.2) is 0 Å². The zero-order chi connectivity index (χ0) is 15.4. The van der Waals surface area contributed by atoms with Gasteiger partial charge in [-0.2, -0.15) is 0 Å². The van der Waals surface area contributed by atoms with Crippen LogP contribution in [0.15, 0.2) is 36.4 Å². The van der Waals surface area contributed by atoms with Crippen molar-refractivity contribution in [3.8, 4) is 5.75 Å². The molecule has 0 radical (unpaired) electrons. The average Bonchev–Trinajstić information content (AvgIpc) is 2.41. The number of benzene rings is 2. The molecule has 0 aliphatic carbocycles. The minimum atomic E-state index is 0.144. The molecule has 0 aliphatic heterocycles. The van der Waals surface area contributed by atoms with Crippen molar-refractivity contribution >= 4 is 0 Å². The number of ether oxygens (including phenoxy) is 1. The molecule has 0 amide bonds. The normalized spacial score (nSPS) is 12.2. The van der Waals surface area contributed by atoms with Crippen LogP contribution in [0.25, 0.3) is 0 Å². The van der Waals surface area contributed by atoms with E-state index in [9.17, 15) is 0 Å². The van der Waals surface area contributed by atoms with Crippen molar-refractivity contribution in [2.24, 2.45) is 0 Å². The fourth-order valence-electron chi connectivity index (χ4n) is 2.86. The second-order valence-corrected chi connectivity index (χ2v) is 5.62. The van der Waals surface area contributed by atoms with Gasteiger partial charge < -0.3 is 10.1 Å². The van der Waals surface area contributed by atoms with Crippen molar-refractivity contribution < 1.29 is 4.74 Å². The van der Waals surface area contributed by atoms with E-state index in [1.54, 1.807) is 0 Å². The van der Waals surface area contributed by atoms with Crippen molar-refractivity contribution in [3.63, 3.8) is 0 Å². The van der Waals surface area contributed by atoms with Crippen molar-refractivity contribution in [1.29, 1.82) is 0 Å². The predicted molar refractivity (Wildman–Crippen MR) is 89.2 cm³/mol. The highest BCUT2D eigenvalue weighted by Crippen LogP contribution is 2.31. The lowest BCUT2D eigenvalue weighted by Crippen LogP contribution is -2.19. The van der Waals surface area contributed by atoms with E-state index in [1.807, 2.05) is 14.0 Å². The zero-order valence-electron chi connectivity index (χ0n) is 13.7. The van der Waals surface area contributed by atoms with Gasteiger partial charge in [0.25, 0.3) is 0 Å². The third-order valence-corrected chi connectivity index (χ3v) is 3.64. The first-order valence-electron chi connectivity index (χ1n) is 7.54. The zero-order valence-corrected chi connectivity index (χ0v) is 13.7. The van der Waals surface area contributed by atoms with Crippen LogP contribution in [0.4, 0.5) is 0 Å². The molecule has 112 valence electrons. The lowest BCUT2D eigenvalue weighted by Gasteiger charge is -2.22. The third kappa shape index (κ3) is 3.64. The van der Waals surface area contributed by atoms with E-state index in [0.29, 0.717) is 6.61 Å². The Bertz CT molecular complexity index is 599. The highest BCUT2D eigenvalue weighted by Gasteiger charge is 2.17. The molecule has 0 aromatic heterocycles. The first-order chi connectivity index (χ1) is 10.0. The fraction of sp³-hybridized carbons (Fsp3) is 0.368. The standard InChI is InChI=1S/C19H25NO/c1-6-21-18-8-7-13(2)12-17(18)19(20-5)16-10-14(3)9-15(4)11-16/h7-12,19-20H,6H2,1-5H3. The van der Waals surface area contributed by atoms with Gasteiger partial charge in [-0.1, -0.05) is 47.0 Å². The van der Waals surface area contributed by atoms with Crippen molar-refractivity contribution in [1.82, 2.24) is 5.32 Å². The maximum Gasteiger partial charge on any atom is 0.124 e. The summed E-state index contributed by atoms with van der Waals surface area (Å²) in [5.41, 5.74) is 6.30. The van der Waals surface area contributed by atoms with Gasteiger partial charge in [-0.25, -0.2) is 0 Å². The summed E-state index contributed by atoms with van der Waals surface area (Å²) in [6, 6.07) is 13.2. The largest absolute Gasteiger partial charge is 0.494 e. The van der Waals surface area contributed by atoms with Crippen LogP contribution < -0.4 is 10.1 Å². The quantitative estimate of drug-likeness (QED) is 0.882. The Morgan fingerprint density at radius 2 is 1.62 bits per heavy atom. The summed E-state index contributed by atoms with van der Waals surface area (Å²) >= 11 is 0. The van der Waals surface area contributed by atoms with Crippen molar-refractivity contribution in [3.05, 3.63) is 64.2 Å². The predicted octanol–water partition coefficient (Wildman–Crippen LogP) is 4.32. The second-order valence-electron chi connectivity index (χ2n) is 5.62. The molecule has 1 atom stereocenters. The average molecular weight is 283 g/mol. The molecule has 0 spiro atoms. The van der Waals surface area contributed by atoms with Crippen molar-refractivity contribution in [2.75, 3.05) is 13.7 Å². The van der Waals surface area contributed by atoms with Crippen LogP contribution in [0, 0.1) is 20.8 Å². The SMILES string of the molecule is CCOc1ccc(C)cc1C(NC)c1cc(C)cc(C)c1. The Labute approximate surface area is 128 Å². The number of hydrogen-bond acceptors (Lipinski definition) is 2. The monoisotopic (exact) mass is 283 g/mol. The van der Waals surface area contributed by atoms with Gasteiger partial charge >= 0.3 is 0 Å². The van der Waals surface area contributed by atoms with Gasteiger partial charge in [0, 0.05) is 5.56 Å². The lowest BCUT2D eigenvalue weighted by atomic mass is 9.94. The summed E-state index contributed by atoms with van der Waals surface area (Å²) in [6.07, 6.45) is 0. The summed E-state index contributed by atoms with van der Waals surface area (Å²) < 4.78 is 5.82. The Hall–Kier alpha value is -1.80. The van der Waals surface area contributed by atoms with Gasteiger partial charge in [-0.05, 0) is 46.4 Å². The molecule has 0 heterocycles. The number of aryl methyl sites for hydroxylation is 3. The van der Waals surface area contributed by atoms with Crippen molar-refractivity contribution in [2.45, 2.75) is 33.7 Å². The molecule has 2 rings (SSSR count). The molecule has 21 heavy (non-hydrogen) atoms. The highest BCUT2D eigenvalue weighted by atomic mass is 16.5. The van der Waals surface area contributed by atoms with Crippen LogP contribution >= 0.6 is 0 Å². The van der Waals surface area contributed by atoms with Gasteiger partial charge in [-0.3, -0.25) is 0 Å². The molecule has 2 aromatic rings. The highest BCUT2D eigenvalue weighted by molar-refractivity contribution is 5.45. The molecule has 2 heteroatoms. The maximum atomic E-state index is 5.82. The molecule has 0 saturated carbocycles. The molecule has 2 aromatic carbocycles. The van der Waals surface area contributed by atoms with E-state index in [-0.39, 0.29) is 6.04 Å². The molecular weight excluding hydrogens is 258 g/mol. The van der Waals surface area contributed by atoms with E-state index in [0.717, 1.165) is 5.75 Å². The summed E-state index contributed by atoms with van der Waals surface area (Å²) in [7, 11) is 2.00. The van der Waals surface area contributed by atoms with Gasteiger partial charge in [0.2, 0.25) is 0 Å². The first kappa shape index (κ1) is 15.6. The number of hydrogen-bond donors (Lipinski definition) is 1. The smallest absolute Gasteiger partial charge is 0.124 e. The van der Waals surface area contributed by atoms with Gasteiger partial charge in [0.1, 0.15) is 5.75 Å². The molecule has 1 unspecified atom stereocenters. The Kier molecular flexibility index (Phi) is 5.03. The van der Waals surface area contributed by atoms with Gasteiger partial charge in [-0.15, -0.1) is 0 Å². The molecule has 0 saturated heterocycles. The molecule has 2 nitrogen and oxygen atoms in total. The second kappa shape index (κ2) is 6.77. The van der Waals surface area contributed by atoms with Crippen LogP contribution in [0.1, 0.15) is 40.8 Å². The molecule has 0 fully saturated rings. The van der Waals surface area contributed by atoms with E-state index >= 15 is 0 Å². The van der Waals surface area contributed by atoms with E-state index < -0.39 is 0 Å². The Balaban J connectivity index is 2.52.